The summed E-state index contributed by atoms with van der Waals surface area (Å²) in [5, 5.41) is 3.88. The molecule has 0 bridgehead atoms. The zero-order valence-electron chi connectivity index (χ0n) is 14.7. The van der Waals surface area contributed by atoms with Crippen LogP contribution in [0.2, 0.25) is 0 Å². The lowest BCUT2D eigenvalue weighted by Crippen LogP contribution is -2.43. The molecule has 1 aromatic rings. The van der Waals surface area contributed by atoms with Gasteiger partial charge in [-0.1, -0.05) is 30.3 Å². The number of nitrogens with zero attached hydrogens (tertiary/aromatic N) is 2. The first-order valence-corrected chi connectivity index (χ1v) is 9.68. The van der Waals surface area contributed by atoms with Gasteiger partial charge in [0.05, 0.1) is 13.2 Å². The zero-order valence-corrected chi connectivity index (χ0v) is 14.7. The number of nitrogens with one attached hydrogen (secondary N) is 1. The van der Waals surface area contributed by atoms with Crippen LogP contribution in [0.5, 0.6) is 0 Å². The van der Waals surface area contributed by atoms with E-state index in [1.807, 2.05) is 0 Å². The van der Waals surface area contributed by atoms with E-state index in [4.69, 9.17) is 4.74 Å². The summed E-state index contributed by atoms with van der Waals surface area (Å²) in [6, 6.07) is 11.7. The standard InChI is InChI=1S/C20H31N3O/c1-2-4-17(5-3-1)14-23-15-18-6-7-20(19(18)16-23)21-8-9-22-10-12-24-13-11-22/h1-5,18-21H,6-16H2/t18-,19-,20+/m0/s1. The average Bonchev–Trinajstić information content (AvgIpc) is 3.18. The van der Waals surface area contributed by atoms with Gasteiger partial charge in [0.2, 0.25) is 0 Å². The van der Waals surface area contributed by atoms with Crippen molar-refractivity contribution < 1.29 is 4.74 Å². The van der Waals surface area contributed by atoms with Crippen molar-refractivity contribution in [2.24, 2.45) is 11.8 Å². The molecule has 1 saturated carbocycles. The number of fused-ring (bicyclic) bond motifs is 1. The van der Waals surface area contributed by atoms with Crippen LogP contribution in [0.3, 0.4) is 0 Å². The Kier molecular flexibility index (Phi) is 5.48. The normalized spacial score (nSPS) is 31.4. The van der Waals surface area contributed by atoms with Gasteiger partial charge in [0.15, 0.2) is 0 Å². The summed E-state index contributed by atoms with van der Waals surface area (Å²) in [7, 11) is 0. The van der Waals surface area contributed by atoms with Gasteiger partial charge in [0.1, 0.15) is 0 Å². The molecule has 24 heavy (non-hydrogen) atoms. The Bertz CT molecular complexity index is 503. The van der Waals surface area contributed by atoms with Crippen molar-refractivity contribution in [2.45, 2.75) is 25.4 Å². The van der Waals surface area contributed by atoms with Gasteiger partial charge in [-0.3, -0.25) is 9.80 Å². The summed E-state index contributed by atoms with van der Waals surface area (Å²) in [6.07, 6.45) is 2.78. The largest absolute Gasteiger partial charge is 0.379 e. The lowest BCUT2D eigenvalue weighted by atomic mass is 9.98. The van der Waals surface area contributed by atoms with E-state index in [0.29, 0.717) is 0 Å². The lowest BCUT2D eigenvalue weighted by molar-refractivity contribution is 0.0379. The highest BCUT2D eigenvalue weighted by Gasteiger charge is 2.42. The van der Waals surface area contributed by atoms with Crippen molar-refractivity contribution in [3.05, 3.63) is 35.9 Å². The minimum atomic E-state index is 0.733. The van der Waals surface area contributed by atoms with Crippen LogP contribution in [0.1, 0.15) is 18.4 Å². The molecule has 0 spiro atoms. The third-order valence-corrected chi connectivity index (χ3v) is 6.12. The Labute approximate surface area is 146 Å². The number of likely N-dealkylation sites (tertiary alicyclic amines) is 1. The Balaban J connectivity index is 1.22. The first-order chi connectivity index (χ1) is 11.9. The van der Waals surface area contributed by atoms with Crippen molar-refractivity contribution >= 4 is 0 Å². The van der Waals surface area contributed by atoms with E-state index in [-0.39, 0.29) is 0 Å². The maximum Gasteiger partial charge on any atom is 0.0594 e. The molecule has 1 N–H and O–H groups in total. The number of benzene rings is 1. The number of ether oxygens (including phenoxy) is 1. The van der Waals surface area contributed by atoms with Crippen LogP contribution in [0.15, 0.2) is 30.3 Å². The molecular formula is C20H31N3O. The Morgan fingerprint density at radius 2 is 1.83 bits per heavy atom. The van der Waals surface area contributed by atoms with Gasteiger partial charge in [-0.25, -0.2) is 0 Å². The maximum atomic E-state index is 5.43. The van der Waals surface area contributed by atoms with Crippen LogP contribution >= 0.6 is 0 Å². The van der Waals surface area contributed by atoms with E-state index in [9.17, 15) is 0 Å². The molecule has 1 aliphatic carbocycles. The molecule has 2 heterocycles. The highest BCUT2D eigenvalue weighted by molar-refractivity contribution is 5.15. The van der Waals surface area contributed by atoms with Crippen molar-refractivity contribution in [3.8, 4) is 0 Å². The highest BCUT2D eigenvalue weighted by Crippen LogP contribution is 2.38. The van der Waals surface area contributed by atoms with Crippen molar-refractivity contribution in [3.63, 3.8) is 0 Å². The SMILES string of the molecule is c1ccc(CN2C[C@@H]3CC[C@@H](NCCN4CCOCC4)[C@H]3C2)cc1. The van der Waals surface area contributed by atoms with Gasteiger partial charge >= 0.3 is 0 Å². The van der Waals surface area contributed by atoms with Gasteiger partial charge < -0.3 is 10.1 Å². The van der Waals surface area contributed by atoms with Gasteiger partial charge in [0.25, 0.3) is 0 Å². The van der Waals surface area contributed by atoms with Gasteiger partial charge in [-0.05, 0) is 30.2 Å². The summed E-state index contributed by atoms with van der Waals surface area (Å²) in [5.41, 5.74) is 1.45. The van der Waals surface area contributed by atoms with E-state index in [1.54, 1.807) is 0 Å². The molecule has 132 valence electrons. The summed E-state index contributed by atoms with van der Waals surface area (Å²) >= 11 is 0. The van der Waals surface area contributed by atoms with Gasteiger partial charge in [0, 0.05) is 51.9 Å². The molecule has 4 heteroatoms. The fourth-order valence-electron chi connectivity index (χ4n) is 4.81. The first-order valence-electron chi connectivity index (χ1n) is 9.68. The molecular weight excluding hydrogens is 298 g/mol. The molecule has 3 atom stereocenters. The fraction of sp³-hybridized carbons (Fsp3) is 0.700. The second kappa shape index (κ2) is 7.96. The van der Waals surface area contributed by atoms with E-state index in [0.717, 1.165) is 57.3 Å². The molecule has 2 saturated heterocycles. The maximum absolute atomic E-state index is 5.43. The van der Waals surface area contributed by atoms with E-state index >= 15 is 0 Å². The minimum absolute atomic E-state index is 0.733. The predicted octanol–water partition coefficient (Wildman–Crippen LogP) is 1.82. The second-order valence-corrected chi connectivity index (χ2v) is 7.70. The van der Waals surface area contributed by atoms with E-state index in [2.05, 4.69) is 45.4 Å². The second-order valence-electron chi connectivity index (χ2n) is 7.70. The third-order valence-electron chi connectivity index (χ3n) is 6.12. The van der Waals surface area contributed by atoms with E-state index in [1.165, 1.54) is 38.0 Å². The van der Waals surface area contributed by atoms with Crippen molar-refractivity contribution in [1.82, 2.24) is 15.1 Å². The number of rotatable bonds is 6. The Hall–Kier alpha value is -0.940. The minimum Gasteiger partial charge on any atom is -0.379 e. The fourth-order valence-corrected chi connectivity index (χ4v) is 4.81. The average molecular weight is 329 g/mol. The summed E-state index contributed by atoms with van der Waals surface area (Å²) in [5.74, 6) is 1.77. The van der Waals surface area contributed by atoms with Crippen LogP contribution in [0, 0.1) is 11.8 Å². The number of hydrogen-bond donors (Lipinski definition) is 1. The molecule has 4 rings (SSSR count). The van der Waals surface area contributed by atoms with Gasteiger partial charge in [-0.2, -0.15) is 0 Å². The molecule has 0 aromatic heterocycles. The number of hydrogen-bond acceptors (Lipinski definition) is 4. The quantitative estimate of drug-likeness (QED) is 0.862. The monoisotopic (exact) mass is 329 g/mol. The lowest BCUT2D eigenvalue weighted by Gasteiger charge is -2.28. The van der Waals surface area contributed by atoms with Gasteiger partial charge in [-0.15, -0.1) is 0 Å². The molecule has 3 fully saturated rings. The molecule has 0 unspecified atom stereocenters. The zero-order chi connectivity index (χ0) is 16.2. The van der Waals surface area contributed by atoms with Crippen LogP contribution < -0.4 is 5.32 Å². The van der Waals surface area contributed by atoms with Crippen LogP contribution in [0.4, 0.5) is 0 Å². The van der Waals surface area contributed by atoms with Crippen molar-refractivity contribution in [1.29, 1.82) is 0 Å². The van der Waals surface area contributed by atoms with E-state index < -0.39 is 0 Å². The highest BCUT2D eigenvalue weighted by atomic mass is 16.5. The molecule has 1 aromatic carbocycles. The van der Waals surface area contributed by atoms with Crippen LogP contribution in [-0.4, -0.2) is 68.3 Å². The summed E-state index contributed by atoms with van der Waals surface area (Å²) < 4.78 is 5.43. The molecule has 0 amide bonds. The third kappa shape index (κ3) is 3.99. The van der Waals surface area contributed by atoms with Crippen LogP contribution in [0.25, 0.3) is 0 Å². The molecule has 4 nitrogen and oxygen atoms in total. The van der Waals surface area contributed by atoms with Crippen molar-refractivity contribution in [2.75, 3.05) is 52.5 Å². The smallest absolute Gasteiger partial charge is 0.0594 e. The first kappa shape index (κ1) is 16.5. The predicted molar refractivity (Wildman–Crippen MR) is 97.0 cm³/mol. The Morgan fingerprint density at radius 3 is 2.67 bits per heavy atom. The van der Waals surface area contributed by atoms with Crippen LogP contribution in [-0.2, 0) is 11.3 Å². The molecule has 0 radical (unpaired) electrons. The molecule has 3 aliphatic rings. The number of morpholine rings is 1. The Morgan fingerprint density at radius 1 is 1.00 bits per heavy atom. The summed E-state index contributed by atoms with van der Waals surface area (Å²) in [6.45, 7) is 10.00. The summed E-state index contributed by atoms with van der Waals surface area (Å²) in [4.78, 5) is 5.19. The topological polar surface area (TPSA) is 27.7 Å². The molecule has 2 aliphatic heterocycles.